The number of aldehydes is 1. The van der Waals surface area contributed by atoms with Crippen molar-refractivity contribution in [1.82, 2.24) is 14.8 Å². The fourth-order valence-corrected chi connectivity index (χ4v) is 2.16. The van der Waals surface area contributed by atoms with Crippen LogP contribution in [0.1, 0.15) is 23.0 Å². The van der Waals surface area contributed by atoms with Crippen LogP contribution in [0.2, 0.25) is 0 Å². The molecule has 1 saturated heterocycles. The quantitative estimate of drug-likeness (QED) is 0.781. The molecule has 6 heteroatoms. The summed E-state index contributed by atoms with van der Waals surface area (Å²) in [5.74, 6) is 0.398. The second-order valence-corrected chi connectivity index (χ2v) is 4.58. The Kier molecular flexibility index (Phi) is 4.11. The van der Waals surface area contributed by atoms with E-state index < -0.39 is 0 Å². The second kappa shape index (κ2) is 5.79. The second-order valence-electron chi connectivity index (χ2n) is 4.58. The summed E-state index contributed by atoms with van der Waals surface area (Å²) in [6.07, 6.45) is 0.679. The van der Waals surface area contributed by atoms with Crippen LogP contribution in [-0.2, 0) is 11.3 Å². The summed E-state index contributed by atoms with van der Waals surface area (Å²) in [6, 6.07) is 3.40. The van der Waals surface area contributed by atoms with Gasteiger partial charge in [0.15, 0.2) is 6.29 Å². The largest absolute Gasteiger partial charge is 0.384 e. The fraction of sp³-hybridized carbons (Fsp3) is 0.462. The maximum Gasteiger partial charge on any atom is 0.237 e. The molecule has 2 N–H and O–H groups in total. The summed E-state index contributed by atoms with van der Waals surface area (Å²) in [4.78, 5) is 30.8. The van der Waals surface area contributed by atoms with E-state index in [9.17, 15) is 9.59 Å². The van der Waals surface area contributed by atoms with Crippen LogP contribution in [0.15, 0.2) is 12.1 Å². The third-order valence-corrected chi connectivity index (χ3v) is 3.35. The van der Waals surface area contributed by atoms with Crippen molar-refractivity contribution in [1.29, 1.82) is 0 Å². The van der Waals surface area contributed by atoms with E-state index in [0.717, 1.165) is 18.7 Å². The zero-order valence-corrected chi connectivity index (χ0v) is 11.0. The van der Waals surface area contributed by atoms with Gasteiger partial charge in [0.05, 0.1) is 6.54 Å². The predicted molar refractivity (Wildman–Crippen MR) is 71.6 cm³/mol. The molecule has 2 heterocycles. The highest BCUT2D eigenvalue weighted by molar-refractivity contribution is 5.80. The highest BCUT2D eigenvalue weighted by Gasteiger charge is 2.23. The van der Waals surface area contributed by atoms with E-state index in [1.54, 1.807) is 17.0 Å². The zero-order chi connectivity index (χ0) is 13.8. The summed E-state index contributed by atoms with van der Waals surface area (Å²) >= 11 is 0. The number of likely N-dealkylation sites (N-methyl/N-ethyl adjacent to an activating group) is 1. The summed E-state index contributed by atoms with van der Waals surface area (Å²) in [7, 11) is 0. The minimum absolute atomic E-state index is 0.0850. The first kappa shape index (κ1) is 13.5. The molecule has 0 radical (unpaired) electrons. The molecule has 1 aliphatic rings. The molecule has 2 rings (SSSR count). The number of nitrogens with two attached hydrogens (primary N) is 1. The Balaban J connectivity index is 2.09. The molecule has 6 nitrogen and oxygen atoms in total. The third-order valence-electron chi connectivity index (χ3n) is 3.35. The number of nitrogen functional groups attached to an aromatic ring is 1. The van der Waals surface area contributed by atoms with Gasteiger partial charge in [0, 0.05) is 25.2 Å². The summed E-state index contributed by atoms with van der Waals surface area (Å²) in [6.45, 7) is 5.31. The molecule has 1 aromatic rings. The van der Waals surface area contributed by atoms with Gasteiger partial charge < -0.3 is 10.6 Å². The van der Waals surface area contributed by atoms with E-state index in [0.29, 0.717) is 37.4 Å². The third kappa shape index (κ3) is 3.08. The smallest absolute Gasteiger partial charge is 0.237 e. The van der Waals surface area contributed by atoms with E-state index in [4.69, 9.17) is 5.73 Å². The van der Waals surface area contributed by atoms with Crippen molar-refractivity contribution in [2.24, 2.45) is 0 Å². The summed E-state index contributed by atoms with van der Waals surface area (Å²) in [5, 5.41) is 0. The number of hydrogen-bond acceptors (Lipinski definition) is 5. The van der Waals surface area contributed by atoms with Crippen LogP contribution in [0, 0.1) is 0 Å². The van der Waals surface area contributed by atoms with Gasteiger partial charge in [-0.25, -0.2) is 4.98 Å². The Morgan fingerprint density at radius 1 is 1.42 bits per heavy atom. The topological polar surface area (TPSA) is 79.5 Å². The number of rotatable bonds is 4. The lowest BCUT2D eigenvalue weighted by molar-refractivity contribution is -0.136. The first-order valence-electron chi connectivity index (χ1n) is 6.34. The van der Waals surface area contributed by atoms with E-state index in [1.807, 2.05) is 6.92 Å². The first-order valence-corrected chi connectivity index (χ1v) is 6.34. The molecule has 0 bridgehead atoms. The lowest BCUT2D eigenvalue weighted by atomic mass is 10.1. The molecule has 1 amide bonds. The van der Waals surface area contributed by atoms with Gasteiger partial charge in [-0.1, -0.05) is 13.0 Å². The molecule has 19 heavy (non-hydrogen) atoms. The van der Waals surface area contributed by atoms with Crippen molar-refractivity contribution in [2.45, 2.75) is 13.5 Å². The predicted octanol–water partition coefficient (Wildman–Crippen LogP) is 0.140. The number of piperazine rings is 1. The Morgan fingerprint density at radius 2 is 2.21 bits per heavy atom. The van der Waals surface area contributed by atoms with Gasteiger partial charge in [-0.3, -0.25) is 14.5 Å². The standard InChI is InChI=1S/C13H18N4O2/c1-2-16-5-6-17(13(19)8-16)7-10-3-4-12(14)15-11(10)9-18/h3-4,9H,2,5-8H2,1H3,(H2,14,15). The maximum atomic E-state index is 12.0. The van der Waals surface area contributed by atoms with Gasteiger partial charge in [-0.2, -0.15) is 0 Å². The number of aromatic nitrogens is 1. The van der Waals surface area contributed by atoms with Crippen molar-refractivity contribution >= 4 is 18.0 Å². The molecule has 0 saturated carbocycles. The van der Waals surface area contributed by atoms with Gasteiger partial charge in [0.2, 0.25) is 5.91 Å². The SMILES string of the molecule is CCN1CCN(Cc2ccc(N)nc2C=O)C(=O)C1. The Bertz CT molecular complexity index is 490. The van der Waals surface area contributed by atoms with E-state index >= 15 is 0 Å². The molecule has 0 atom stereocenters. The van der Waals surface area contributed by atoms with Crippen molar-refractivity contribution in [2.75, 3.05) is 31.9 Å². The van der Waals surface area contributed by atoms with Crippen molar-refractivity contribution in [3.05, 3.63) is 23.4 Å². The molecule has 102 valence electrons. The van der Waals surface area contributed by atoms with Gasteiger partial charge in [0.1, 0.15) is 11.5 Å². The minimum Gasteiger partial charge on any atom is -0.384 e. The minimum atomic E-state index is 0.0850. The normalized spacial score (nSPS) is 16.7. The number of carbonyl (C=O) groups excluding carboxylic acids is 2. The number of carbonyl (C=O) groups is 2. The maximum absolute atomic E-state index is 12.0. The molecular formula is C13H18N4O2. The number of amides is 1. The monoisotopic (exact) mass is 262 g/mol. The van der Waals surface area contributed by atoms with Crippen LogP contribution in [-0.4, -0.2) is 53.2 Å². The van der Waals surface area contributed by atoms with Crippen LogP contribution in [0.4, 0.5) is 5.82 Å². The number of anilines is 1. The van der Waals surface area contributed by atoms with Gasteiger partial charge in [-0.05, 0) is 12.6 Å². The van der Waals surface area contributed by atoms with Crippen molar-refractivity contribution in [3.8, 4) is 0 Å². The summed E-state index contributed by atoms with van der Waals surface area (Å²) in [5.41, 5.74) is 6.59. The Labute approximate surface area is 112 Å². The average Bonchev–Trinajstić information content (AvgIpc) is 2.42. The molecule has 0 unspecified atom stereocenters. The van der Waals surface area contributed by atoms with Gasteiger partial charge in [0.25, 0.3) is 0 Å². The number of nitrogens with zero attached hydrogens (tertiary/aromatic N) is 3. The molecule has 1 aliphatic heterocycles. The molecule has 0 spiro atoms. The fourth-order valence-electron chi connectivity index (χ4n) is 2.16. The molecule has 1 fully saturated rings. The van der Waals surface area contributed by atoms with Crippen LogP contribution in [0.25, 0.3) is 0 Å². The van der Waals surface area contributed by atoms with Crippen LogP contribution >= 0.6 is 0 Å². The van der Waals surface area contributed by atoms with Crippen LogP contribution in [0.3, 0.4) is 0 Å². The van der Waals surface area contributed by atoms with Crippen molar-refractivity contribution in [3.63, 3.8) is 0 Å². The summed E-state index contributed by atoms with van der Waals surface area (Å²) < 4.78 is 0. The van der Waals surface area contributed by atoms with Crippen molar-refractivity contribution < 1.29 is 9.59 Å². The van der Waals surface area contributed by atoms with Crippen LogP contribution in [0.5, 0.6) is 0 Å². The molecular weight excluding hydrogens is 244 g/mol. The number of pyridine rings is 1. The molecule has 0 aromatic carbocycles. The lowest BCUT2D eigenvalue weighted by Crippen LogP contribution is -2.49. The Morgan fingerprint density at radius 3 is 2.84 bits per heavy atom. The van der Waals surface area contributed by atoms with E-state index in [-0.39, 0.29) is 5.91 Å². The highest BCUT2D eigenvalue weighted by Crippen LogP contribution is 2.13. The first-order chi connectivity index (χ1) is 9.13. The number of hydrogen-bond donors (Lipinski definition) is 1. The zero-order valence-electron chi connectivity index (χ0n) is 11.0. The highest BCUT2D eigenvalue weighted by atomic mass is 16.2. The Hall–Kier alpha value is -1.95. The van der Waals surface area contributed by atoms with Gasteiger partial charge >= 0.3 is 0 Å². The van der Waals surface area contributed by atoms with E-state index in [2.05, 4.69) is 9.88 Å². The van der Waals surface area contributed by atoms with Gasteiger partial charge in [-0.15, -0.1) is 0 Å². The molecule has 0 aliphatic carbocycles. The lowest BCUT2D eigenvalue weighted by Gasteiger charge is -2.33. The van der Waals surface area contributed by atoms with Crippen LogP contribution < -0.4 is 5.73 Å². The average molecular weight is 262 g/mol. The van der Waals surface area contributed by atoms with E-state index in [1.165, 1.54) is 0 Å². The molecule has 1 aromatic heterocycles.